The van der Waals surface area contributed by atoms with Crippen LogP contribution in [-0.2, 0) is 11.2 Å². The van der Waals surface area contributed by atoms with Crippen molar-refractivity contribution in [3.05, 3.63) is 34.2 Å². The topological polar surface area (TPSA) is 69.4 Å². The van der Waals surface area contributed by atoms with E-state index in [4.69, 9.17) is 16.3 Å². The summed E-state index contributed by atoms with van der Waals surface area (Å²) in [5, 5.41) is 8.75. The van der Waals surface area contributed by atoms with Crippen LogP contribution < -0.4 is 0 Å². The van der Waals surface area contributed by atoms with E-state index in [1.807, 2.05) is 17.4 Å². The van der Waals surface area contributed by atoms with Gasteiger partial charge in [-0.2, -0.15) is 0 Å². The minimum absolute atomic E-state index is 0.284. The lowest BCUT2D eigenvalue weighted by Crippen LogP contribution is -2.06. The average Bonchev–Trinajstić information content (AvgIpc) is 3.24. The minimum atomic E-state index is -0.385. The number of rotatable bonds is 3. The van der Waals surface area contributed by atoms with Gasteiger partial charge in [-0.25, -0.2) is 9.78 Å². The Balaban J connectivity index is 2.01. The maximum atomic E-state index is 11.9. The van der Waals surface area contributed by atoms with Gasteiger partial charge in [0.25, 0.3) is 0 Å². The van der Waals surface area contributed by atoms with Gasteiger partial charge >= 0.3 is 5.97 Å². The number of halogens is 1. The highest BCUT2D eigenvalue weighted by atomic mass is 35.5. The molecule has 2 heterocycles. The van der Waals surface area contributed by atoms with Crippen LogP contribution in [0.1, 0.15) is 34.6 Å². The monoisotopic (exact) mass is 330 g/mol. The molecule has 1 saturated carbocycles. The fraction of sp³-hybridized carbons (Fsp3) is 0.375. The van der Waals surface area contributed by atoms with Gasteiger partial charge in [0, 0.05) is 6.42 Å². The number of benzene rings is 1. The summed E-state index contributed by atoms with van der Waals surface area (Å²) in [5.41, 5.74) is 3.35. The molecule has 0 radical (unpaired) electrons. The van der Waals surface area contributed by atoms with Gasteiger partial charge in [0.15, 0.2) is 10.8 Å². The van der Waals surface area contributed by atoms with Gasteiger partial charge in [0.05, 0.1) is 23.7 Å². The molecule has 0 saturated heterocycles. The van der Waals surface area contributed by atoms with Gasteiger partial charge in [-0.05, 0) is 43.4 Å². The predicted octanol–water partition coefficient (Wildman–Crippen LogP) is 2.98. The second kappa shape index (κ2) is 5.16. The molecule has 23 heavy (non-hydrogen) atoms. The molecule has 3 aromatic rings. The van der Waals surface area contributed by atoms with Gasteiger partial charge in [-0.3, -0.25) is 4.40 Å². The Morgan fingerprint density at radius 3 is 2.87 bits per heavy atom. The number of esters is 1. The van der Waals surface area contributed by atoms with Crippen molar-refractivity contribution >= 4 is 34.3 Å². The van der Waals surface area contributed by atoms with Gasteiger partial charge in [-0.1, -0.05) is 11.6 Å². The van der Waals surface area contributed by atoms with Gasteiger partial charge in [0.1, 0.15) is 5.82 Å². The number of hydrogen-bond acceptors (Lipinski definition) is 5. The maximum Gasteiger partial charge on any atom is 0.338 e. The predicted molar refractivity (Wildman–Crippen MR) is 85.8 cm³/mol. The highest BCUT2D eigenvalue weighted by molar-refractivity contribution is 6.32. The number of carbonyl (C=O) groups is 1. The summed E-state index contributed by atoms with van der Waals surface area (Å²) < 4.78 is 6.78. The van der Waals surface area contributed by atoms with Crippen molar-refractivity contribution in [2.24, 2.45) is 5.92 Å². The Morgan fingerprint density at radius 1 is 1.39 bits per heavy atom. The van der Waals surface area contributed by atoms with E-state index in [9.17, 15) is 4.79 Å². The number of aryl methyl sites for hydroxylation is 1. The molecule has 0 bridgehead atoms. The summed E-state index contributed by atoms with van der Waals surface area (Å²) >= 11 is 6.26. The number of fused-ring (bicyclic) bond motifs is 3. The largest absolute Gasteiger partial charge is 0.465 e. The van der Waals surface area contributed by atoms with Gasteiger partial charge < -0.3 is 4.74 Å². The smallest absolute Gasteiger partial charge is 0.338 e. The average molecular weight is 331 g/mol. The number of hydrogen-bond donors (Lipinski definition) is 0. The molecule has 0 spiro atoms. The van der Waals surface area contributed by atoms with Gasteiger partial charge in [-0.15, -0.1) is 10.2 Å². The van der Waals surface area contributed by atoms with E-state index in [0.717, 1.165) is 23.3 Å². The number of aromatic nitrogens is 4. The van der Waals surface area contributed by atoms with Crippen LogP contribution in [0.5, 0.6) is 0 Å². The molecule has 118 valence electrons. The van der Waals surface area contributed by atoms with Crippen molar-refractivity contribution in [2.45, 2.75) is 26.2 Å². The van der Waals surface area contributed by atoms with E-state index in [-0.39, 0.29) is 11.1 Å². The Labute approximate surface area is 137 Å². The normalized spacial score (nSPS) is 14.6. The fourth-order valence-electron chi connectivity index (χ4n) is 2.85. The molecule has 1 aromatic carbocycles. The molecule has 0 atom stereocenters. The lowest BCUT2D eigenvalue weighted by Gasteiger charge is -2.09. The Kier molecular flexibility index (Phi) is 3.23. The van der Waals surface area contributed by atoms with E-state index in [2.05, 4.69) is 15.2 Å². The molecule has 1 fully saturated rings. The van der Waals surface area contributed by atoms with Crippen LogP contribution >= 0.6 is 11.6 Å². The summed E-state index contributed by atoms with van der Waals surface area (Å²) in [6.45, 7) is 1.87. The number of carbonyl (C=O) groups excluding carboxylic acids is 1. The van der Waals surface area contributed by atoms with Crippen molar-refractivity contribution in [2.75, 3.05) is 7.11 Å². The number of methoxy groups -OCH3 is 1. The van der Waals surface area contributed by atoms with E-state index < -0.39 is 0 Å². The van der Waals surface area contributed by atoms with Crippen LogP contribution in [-0.4, -0.2) is 32.7 Å². The van der Waals surface area contributed by atoms with Crippen LogP contribution in [0, 0.1) is 12.8 Å². The second-order valence-corrected chi connectivity index (χ2v) is 6.33. The van der Waals surface area contributed by atoms with Crippen molar-refractivity contribution in [1.82, 2.24) is 19.6 Å². The summed E-state index contributed by atoms with van der Waals surface area (Å²) in [7, 11) is 1.36. The first-order chi connectivity index (χ1) is 11.1. The molecule has 7 heteroatoms. The Hall–Kier alpha value is -2.21. The van der Waals surface area contributed by atoms with Crippen LogP contribution in [0.2, 0.25) is 5.15 Å². The molecule has 0 unspecified atom stereocenters. The number of ether oxygens (including phenoxy) is 1. The first-order valence-electron chi connectivity index (χ1n) is 7.50. The van der Waals surface area contributed by atoms with Gasteiger partial charge in [0.2, 0.25) is 0 Å². The first-order valence-corrected chi connectivity index (χ1v) is 7.88. The second-order valence-electron chi connectivity index (χ2n) is 5.97. The first kappa shape index (κ1) is 14.4. The van der Waals surface area contributed by atoms with Crippen LogP contribution in [0.25, 0.3) is 16.7 Å². The van der Waals surface area contributed by atoms with E-state index >= 15 is 0 Å². The van der Waals surface area contributed by atoms with Crippen molar-refractivity contribution < 1.29 is 9.53 Å². The molecular formula is C16H15ClN4O2. The third-order valence-corrected chi connectivity index (χ3v) is 4.52. The summed E-state index contributed by atoms with van der Waals surface area (Å²) in [6.07, 6.45) is 3.35. The highest BCUT2D eigenvalue weighted by Gasteiger charge is 2.25. The lowest BCUT2D eigenvalue weighted by molar-refractivity contribution is 0.0600. The zero-order chi connectivity index (χ0) is 16.1. The summed E-state index contributed by atoms with van der Waals surface area (Å²) in [4.78, 5) is 16.2. The molecule has 6 nitrogen and oxygen atoms in total. The molecule has 0 aliphatic heterocycles. The van der Waals surface area contributed by atoms with Crippen molar-refractivity contribution in [3.63, 3.8) is 0 Å². The van der Waals surface area contributed by atoms with Crippen LogP contribution in [0.15, 0.2) is 12.1 Å². The summed E-state index contributed by atoms with van der Waals surface area (Å²) in [5.74, 6) is 1.19. The van der Waals surface area contributed by atoms with Crippen molar-refractivity contribution in [3.8, 4) is 0 Å². The molecule has 0 amide bonds. The quantitative estimate of drug-likeness (QED) is 0.690. The zero-order valence-corrected chi connectivity index (χ0v) is 13.6. The lowest BCUT2D eigenvalue weighted by atomic mass is 10.1. The Morgan fingerprint density at radius 2 is 2.17 bits per heavy atom. The van der Waals surface area contributed by atoms with Crippen LogP contribution in [0.4, 0.5) is 0 Å². The molecular weight excluding hydrogens is 316 g/mol. The fourth-order valence-corrected chi connectivity index (χ4v) is 3.06. The van der Waals surface area contributed by atoms with E-state index in [1.54, 1.807) is 6.07 Å². The van der Waals surface area contributed by atoms with Crippen molar-refractivity contribution in [1.29, 1.82) is 0 Å². The molecule has 0 N–H and O–H groups in total. The Bertz CT molecular complexity index is 946. The zero-order valence-electron chi connectivity index (χ0n) is 12.8. The third-order valence-electron chi connectivity index (χ3n) is 4.27. The standard InChI is InChI=1S/C16H15ClN4O2/c1-8-5-12-11(7-10(8)16(22)23-2)18-14(17)15-20-19-13(21(12)15)6-9-3-4-9/h5,7,9H,3-4,6H2,1-2H3. The summed E-state index contributed by atoms with van der Waals surface area (Å²) in [6, 6.07) is 3.63. The molecule has 1 aliphatic rings. The van der Waals surface area contributed by atoms with Crippen LogP contribution in [0.3, 0.4) is 0 Å². The number of nitrogens with zero attached hydrogens (tertiary/aromatic N) is 4. The van der Waals surface area contributed by atoms with E-state index in [0.29, 0.717) is 22.6 Å². The molecule has 2 aromatic heterocycles. The van der Waals surface area contributed by atoms with E-state index in [1.165, 1.54) is 20.0 Å². The molecule has 4 rings (SSSR count). The molecule has 1 aliphatic carbocycles. The third kappa shape index (κ3) is 2.34. The highest BCUT2D eigenvalue weighted by Crippen LogP contribution is 2.33. The SMILES string of the molecule is COC(=O)c1cc2nc(Cl)c3nnc(CC4CC4)n3c2cc1C. The maximum absolute atomic E-state index is 11.9. The minimum Gasteiger partial charge on any atom is -0.465 e.